The van der Waals surface area contributed by atoms with E-state index in [1.807, 2.05) is 55.4 Å². The van der Waals surface area contributed by atoms with Crippen molar-refractivity contribution in [3.05, 3.63) is 47.0 Å². The van der Waals surface area contributed by atoms with Crippen LogP contribution in [0.3, 0.4) is 0 Å². The minimum Gasteiger partial charge on any atom is -0.480 e. The Balaban J connectivity index is 1.77. The standard InChI is InChI=1S/C51H79ClN6O11/c1-14-31(6)46(56(11)50(65)44(29(2)3)54-49(64)45(30(4)5)55(10)40(59)22-16-15-19-25-57-41(60)23-24-42(57)61)39(68-12)28-43(62)58-34(9)32(7)26-38(58)47(69-13)33(8)48(63)53-37(51(66)67)27-35-20-17-18-21-36(35)52/h17-18,20-21,23-24,29-34,37-39,44-47H,14-16,19,22,25-28H2,1-13H3,(H,53,63)(H,54,64)(H,66,67)/t31-,32-,33+,34?,37-,38-,39?,44-,45-,46?,47?/m0/s1. The summed E-state index contributed by atoms with van der Waals surface area (Å²) in [4.78, 5) is 113. The SMILES string of the molecule is CC[C@H](C)C(C(CC(=O)N1C(C)[C@@H](C)C[C@H]1C(OC)[C@@H](C)C(=O)N[C@@H](Cc1ccccc1Cl)C(=O)O)OC)N(C)C(=O)[C@@H](NC(=O)[C@H](C(C)C)N(C)C(=O)CCCCCN1C(=O)C=CC1=O)C(C)C. The number of amides is 7. The van der Waals surface area contributed by atoms with Crippen LogP contribution in [0, 0.1) is 29.6 Å². The van der Waals surface area contributed by atoms with Crippen LogP contribution in [0.15, 0.2) is 36.4 Å². The first-order chi connectivity index (χ1) is 32.4. The summed E-state index contributed by atoms with van der Waals surface area (Å²) < 4.78 is 12.1. The summed E-state index contributed by atoms with van der Waals surface area (Å²) in [6, 6.07) is 2.30. The highest BCUT2D eigenvalue weighted by Crippen LogP contribution is 2.36. The Kier molecular flexibility index (Phi) is 22.8. The number of carbonyl (C=O) groups is 8. The number of carbonyl (C=O) groups excluding carboxylic acids is 7. The van der Waals surface area contributed by atoms with E-state index in [2.05, 4.69) is 10.6 Å². The number of carboxylic acid groups (broad SMARTS) is 1. The van der Waals surface area contributed by atoms with Gasteiger partial charge in [0, 0.05) is 70.9 Å². The summed E-state index contributed by atoms with van der Waals surface area (Å²) in [5.41, 5.74) is 0.572. The number of benzene rings is 1. The van der Waals surface area contributed by atoms with Crippen LogP contribution in [0.25, 0.3) is 0 Å². The van der Waals surface area contributed by atoms with Crippen LogP contribution in [-0.2, 0) is 54.3 Å². The van der Waals surface area contributed by atoms with Crippen molar-refractivity contribution in [3.8, 4) is 0 Å². The first-order valence-electron chi connectivity index (χ1n) is 24.4. The molecule has 3 rings (SSSR count). The van der Waals surface area contributed by atoms with Gasteiger partial charge in [-0.1, -0.05) is 98.0 Å². The highest BCUT2D eigenvalue weighted by Gasteiger charge is 2.48. The number of aliphatic carboxylic acids is 1. The van der Waals surface area contributed by atoms with Gasteiger partial charge in [-0.15, -0.1) is 0 Å². The van der Waals surface area contributed by atoms with Gasteiger partial charge in [0.05, 0.1) is 36.6 Å². The second-order valence-corrected chi connectivity index (χ2v) is 20.1. The van der Waals surface area contributed by atoms with E-state index < -0.39 is 66.1 Å². The Bertz CT molecular complexity index is 1980. The van der Waals surface area contributed by atoms with E-state index in [1.165, 1.54) is 36.2 Å². The van der Waals surface area contributed by atoms with Gasteiger partial charge in [-0.05, 0) is 61.5 Å². The van der Waals surface area contributed by atoms with Crippen molar-refractivity contribution < 1.29 is 52.9 Å². The lowest BCUT2D eigenvalue weighted by molar-refractivity contribution is -0.150. The minimum atomic E-state index is -1.26. The van der Waals surface area contributed by atoms with Crippen LogP contribution in [0.5, 0.6) is 0 Å². The molecule has 0 spiro atoms. The van der Waals surface area contributed by atoms with Gasteiger partial charge in [0.25, 0.3) is 11.8 Å². The van der Waals surface area contributed by atoms with Crippen molar-refractivity contribution in [2.24, 2.45) is 29.6 Å². The third kappa shape index (κ3) is 15.1. The molecule has 17 nitrogen and oxygen atoms in total. The van der Waals surface area contributed by atoms with Crippen LogP contribution in [0.4, 0.5) is 0 Å². The van der Waals surface area contributed by atoms with Crippen molar-refractivity contribution in [1.82, 2.24) is 30.2 Å². The molecule has 1 fully saturated rings. The van der Waals surface area contributed by atoms with E-state index in [0.717, 1.165) is 0 Å². The number of halogens is 1. The molecule has 0 aromatic heterocycles. The average Bonchev–Trinajstić information content (AvgIpc) is 3.78. The summed E-state index contributed by atoms with van der Waals surface area (Å²) >= 11 is 6.31. The summed E-state index contributed by atoms with van der Waals surface area (Å²) in [5, 5.41) is 16.1. The lowest BCUT2D eigenvalue weighted by Crippen LogP contribution is -2.60. The Labute approximate surface area is 414 Å². The third-order valence-corrected chi connectivity index (χ3v) is 14.6. The Hall–Kier alpha value is -4.87. The highest BCUT2D eigenvalue weighted by molar-refractivity contribution is 6.31. The number of methoxy groups -OCH3 is 2. The maximum absolute atomic E-state index is 14.7. The predicted octanol–water partition coefficient (Wildman–Crippen LogP) is 5.12. The number of nitrogens with one attached hydrogen (secondary N) is 2. The number of likely N-dealkylation sites (tertiary alicyclic amines) is 1. The summed E-state index contributed by atoms with van der Waals surface area (Å²) in [6.07, 6.45) is 3.71. The van der Waals surface area contributed by atoms with Crippen LogP contribution in [-0.4, -0.2) is 155 Å². The molecule has 2 heterocycles. The number of rotatable bonds is 27. The zero-order chi connectivity index (χ0) is 52.0. The van der Waals surface area contributed by atoms with Gasteiger partial charge in [0.1, 0.15) is 18.1 Å². The normalized spacial score (nSPS) is 20.6. The van der Waals surface area contributed by atoms with Gasteiger partial charge in [0.2, 0.25) is 29.5 Å². The van der Waals surface area contributed by atoms with Gasteiger partial charge < -0.3 is 39.9 Å². The molecule has 4 unspecified atom stereocenters. The Morgan fingerprint density at radius 2 is 1.48 bits per heavy atom. The van der Waals surface area contributed by atoms with Crippen LogP contribution >= 0.6 is 11.6 Å². The molecule has 386 valence electrons. The second-order valence-electron chi connectivity index (χ2n) is 19.7. The summed E-state index contributed by atoms with van der Waals surface area (Å²) in [7, 11) is 6.20. The fourth-order valence-electron chi connectivity index (χ4n) is 9.81. The van der Waals surface area contributed by atoms with Crippen LogP contribution in [0.2, 0.25) is 5.02 Å². The second kappa shape index (κ2) is 26.9. The van der Waals surface area contributed by atoms with E-state index in [-0.39, 0.29) is 85.1 Å². The lowest BCUT2D eigenvalue weighted by atomic mass is 9.89. The number of imide groups is 1. The fourth-order valence-corrected chi connectivity index (χ4v) is 10.0. The van der Waals surface area contributed by atoms with Crippen molar-refractivity contribution in [1.29, 1.82) is 0 Å². The molecule has 1 aromatic rings. The fraction of sp³-hybridized carbons (Fsp3) is 0.686. The zero-order valence-corrected chi connectivity index (χ0v) is 43.8. The van der Waals surface area contributed by atoms with Crippen molar-refractivity contribution in [3.63, 3.8) is 0 Å². The molecule has 1 aromatic carbocycles. The van der Waals surface area contributed by atoms with Crippen molar-refractivity contribution >= 4 is 58.9 Å². The van der Waals surface area contributed by atoms with Crippen LogP contribution in [0.1, 0.15) is 113 Å². The molecule has 1 saturated heterocycles. The molecule has 2 aliphatic heterocycles. The van der Waals surface area contributed by atoms with Gasteiger partial charge in [-0.25, -0.2) is 4.79 Å². The number of likely N-dealkylation sites (N-methyl/N-ethyl adjacent to an activating group) is 2. The Morgan fingerprint density at radius 1 is 0.855 bits per heavy atom. The van der Waals surface area contributed by atoms with E-state index in [4.69, 9.17) is 21.1 Å². The smallest absolute Gasteiger partial charge is 0.326 e. The van der Waals surface area contributed by atoms with Gasteiger partial charge >= 0.3 is 5.97 Å². The monoisotopic (exact) mass is 987 g/mol. The molecule has 0 aliphatic carbocycles. The van der Waals surface area contributed by atoms with Crippen molar-refractivity contribution in [2.45, 2.75) is 162 Å². The number of hydrogen-bond donors (Lipinski definition) is 3. The lowest BCUT2D eigenvalue weighted by Gasteiger charge is -2.41. The number of unbranched alkanes of at least 4 members (excludes halogenated alkanes) is 2. The van der Waals surface area contributed by atoms with E-state index in [1.54, 1.807) is 55.1 Å². The first-order valence-corrected chi connectivity index (χ1v) is 24.8. The van der Waals surface area contributed by atoms with Crippen molar-refractivity contribution in [2.75, 3.05) is 34.9 Å². The van der Waals surface area contributed by atoms with E-state index in [0.29, 0.717) is 42.7 Å². The number of hydrogen-bond acceptors (Lipinski definition) is 10. The van der Waals surface area contributed by atoms with E-state index >= 15 is 0 Å². The summed E-state index contributed by atoms with van der Waals surface area (Å²) in [5.74, 6) is -5.47. The predicted molar refractivity (Wildman–Crippen MR) is 262 cm³/mol. The highest BCUT2D eigenvalue weighted by atomic mass is 35.5. The number of nitrogens with zero attached hydrogens (tertiary/aromatic N) is 4. The molecule has 18 heteroatoms. The largest absolute Gasteiger partial charge is 0.480 e. The molecule has 69 heavy (non-hydrogen) atoms. The Morgan fingerprint density at radius 3 is 2.01 bits per heavy atom. The van der Waals surface area contributed by atoms with Gasteiger partial charge in [0.15, 0.2) is 0 Å². The molecule has 7 amide bonds. The average molecular weight is 988 g/mol. The maximum Gasteiger partial charge on any atom is 0.326 e. The summed E-state index contributed by atoms with van der Waals surface area (Å²) in [6.45, 7) is 17.2. The molecular formula is C51H79ClN6O11. The van der Waals surface area contributed by atoms with Gasteiger partial charge in [-0.2, -0.15) is 0 Å². The minimum absolute atomic E-state index is 0.0255. The molecule has 0 saturated carbocycles. The first kappa shape index (κ1) is 58.4. The van der Waals surface area contributed by atoms with E-state index in [9.17, 15) is 43.5 Å². The quantitative estimate of drug-likeness (QED) is 0.0778. The molecule has 2 aliphatic rings. The molecular weight excluding hydrogens is 908 g/mol. The topological polar surface area (TPSA) is 212 Å². The third-order valence-electron chi connectivity index (χ3n) is 14.3. The zero-order valence-electron chi connectivity index (χ0n) is 43.0. The molecule has 11 atom stereocenters. The molecule has 0 bridgehead atoms. The molecule has 0 radical (unpaired) electrons. The maximum atomic E-state index is 14.7. The number of ether oxygens (including phenoxy) is 2. The molecule has 3 N–H and O–H groups in total. The van der Waals surface area contributed by atoms with Crippen LogP contribution < -0.4 is 10.6 Å². The van der Waals surface area contributed by atoms with Gasteiger partial charge in [-0.3, -0.25) is 38.5 Å². The number of carboxylic acids is 1.